The van der Waals surface area contributed by atoms with Crippen LogP contribution in [0, 0.1) is 20.8 Å². The standard InChI is InChI=1S/C13H19BrO2S/c1-8-6-9(2)12(10(3)7-8)13(14)11(4)17(5,15)16/h6-7,11,13H,1-5H3. The summed E-state index contributed by atoms with van der Waals surface area (Å²) in [5.74, 6) is 0. The lowest BCUT2D eigenvalue weighted by molar-refractivity contribution is 0.588. The second kappa shape index (κ2) is 5.11. The fourth-order valence-corrected chi connectivity index (χ4v) is 4.55. The van der Waals surface area contributed by atoms with Crippen LogP contribution in [0.25, 0.3) is 0 Å². The van der Waals surface area contributed by atoms with Crippen molar-refractivity contribution in [2.24, 2.45) is 0 Å². The van der Waals surface area contributed by atoms with Crippen LogP contribution in [0.4, 0.5) is 0 Å². The highest BCUT2D eigenvalue weighted by Gasteiger charge is 2.27. The van der Waals surface area contributed by atoms with Crippen molar-refractivity contribution in [2.75, 3.05) is 6.26 Å². The van der Waals surface area contributed by atoms with Gasteiger partial charge >= 0.3 is 0 Å². The van der Waals surface area contributed by atoms with Crippen LogP contribution >= 0.6 is 15.9 Å². The van der Waals surface area contributed by atoms with Crippen LogP contribution in [0.5, 0.6) is 0 Å². The molecule has 0 spiro atoms. The molecule has 0 aliphatic heterocycles. The normalized spacial score (nSPS) is 15.6. The van der Waals surface area contributed by atoms with E-state index in [4.69, 9.17) is 0 Å². The van der Waals surface area contributed by atoms with E-state index in [9.17, 15) is 8.42 Å². The summed E-state index contributed by atoms with van der Waals surface area (Å²) in [4.78, 5) is -0.155. The summed E-state index contributed by atoms with van der Waals surface area (Å²) in [6.45, 7) is 7.84. The van der Waals surface area contributed by atoms with Gasteiger partial charge in [0.25, 0.3) is 0 Å². The molecule has 0 heterocycles. The molecule has 0 saturated heterocycles. The Balaban J connectivity index is 3.26. The van der Waals surface area contributed by atoms with Gasteiger partial charge in [-0.25, -0.2) is 8.42 Å². The maximum absolute atomic E-state index is 11.6. The van der Waals surface area contributed by atoms with Gasteiger partial charge in [0.15, 0.2) is 9.84 Å². The number of sulfone groups is 1. The fourth-order valence-electron chi connectivity index (χ4n) is 2.08. The number of aryl methyl sites for hydroxylation is 3. The SMILES string of the molecule is Cc1cc(C)c(C(Br)C(C)S(C)(=O)=O)c(C)c1. The van der Waals surface area contributed by atoms with Crippen molar-refractivity contribution in [2.45, 2.75) is 37.8 Å². The molecule has 0 fully saturated rings. The van der Waals surface area contributed by atoms with E-state index in [1.807, 2.05) is 20.8 Å². The van der Waals surface area contributed by atoms with E-state index >= 15 is 0 Å². The number of alkyl halides is 1. The summed E-state index contributed by atoms with van der Waals surface area (Å²) in [5, 5.41) is -0.428. The minimum absolute atomic E-state index is 0.155. The molecule has 0 aliphatic carbocycles. The maximum atomic E-state index is 11.6. The first kappa shape index (κ1) is 14.7. The lowest BCUT2D eigenvalue weighted by Gasteiger charge is -2.21. The second-order valence-electron chi connectivity index (χ2n) is 4.75. The van der Waals surface area contributed by atoms with Crippen LogP contribution in [-0.4, -0.2) is 19.9 Å². The van der Waals surface area contributed by atoms with Crippen LogP contribution in [0.15, 0.2) is 12.1 Å². The molecule has 0 aliphatic rings. The first-order valence-electron chi connectivity index (χ1n) is 5.55. The van der Waals surface area contributed by atoms with E-state index in [1.54, 1.807) is 6.92 Å². The Hall–Kier alpha value is -0.350. The van der Waals surface area contributed by atoms with Crippen LogP contribution < -0.4 is 0 Å². The van der Waals surface area contributed by atoms with Crippen LogP contribution in [0.1, 0.15) is 34.0 Å². The summed E-state index contributed by atoms with van der Waals surface area (Å²) < 4.78 is 23.2. The molecule has 1 rings (SSSR count). The number of benzene rings is 1. The van der Waals surface area contributed by atoms with E-state index in [0.717, 1.165) is 16.7 Å². The third kappa shape index (κ3) is 3.32. The average Bonchev–Trinajstić information content (AvgIpc) is 2.13. The van der Waals surface area contributed by atoms with Crippen LogP contribution in [-0.2, 0) is 9.84 Å². The average molecular weight is 319 g/mol. The monoisotopic (exact) mass is 318 g/mol. The highest BCUT2D eigenvalue weighted by Crippen LogP contribution is 2.35. The lowest BCUT2D eigenvalue weighted by atomic mass is 9.96. The second-order valence-corrected chi connectivity index (χ2v) is 8.14. The Labute approximate surface area is 112 Å². The van der Waals surface area contributed by atoms with Crippen molar-refractivity contribution in [1.29, 1.82) is 0 Å². The molecular weight excluding hydrogens is 300 g/mol. The molecule has 2 unspecified atom stereocenters. The zero-order valence-corrected chi connectivity index (χ0v) is 13.3. The van der Waals surface area contributed by atoms with Crippen molar-refractivity contribution in [3.05, 3.63) is 34.4 Å². The highest BCUT2D eigenvalue weighted by atomic mass is 79.9. The summed E-state index contributed by atoms with van der Waals surface area (Å²) >= 11 is 3.53. The van der Waals surface area contributed by atoms with Gasteiger partial charge < -0.3 is 0 Å². The Kier molecular flexibility index (Phi) is 4.42. The molecule has 17 heavy (non-hydrogen) atoms. The van der Waals surface area contributed by atoms with Gasteiger partial charge in [0, 0.05) is 6.26 Å². The van der Waals surface area contributed by atoms with Gasteiger partial charge in [-0.2, -0.15) is 0 Å². The van der Waals surface area contributed by atoms with Gasteiger partial charge in [-0.15, -0.1) is 0 Å². The van der Waals surface area contributed by atoms with Crippen molar-refractivity contribution in [1.82, 2.24) is 0 Å². The molecule has 0 N–H and O–H groups in total. The molecule has 0 radical (unpaired) electrons. The first-order chi connectivity index (χ1) is 7.64. The van der Waals surface area contributed by atoms with Crippen molar-refractivity contribution in [3.8, 4) is 0 Å². The molecule has 2 atom stereocenters. The lowest BCUT2D eigenvalue weighted by Crippen LogP contribution is -2.22. The third-order valence-electron chi connectivity index (χ3n) is 3.10. The third-order valence-corrected chi connectivity index (χ3v) is 6.32. The summed E-state index contributed by atoms with van der Waals surface area (Å²) in [6, 6.07) is 4.18. The van der Waals surface area contributed by atoms with Crippen molar-refractivity contribution in [3.63, 3.8) is 0 Å². The first-order valence-corrected chi connectivity index (χ1v) is 8.42. The van der Waals surface area contributed by atoms with E-state index in [2.05, 4.69) is 28.1 Å². The van der Waals surface area contributed by atoms with E-state index < -0.39 is 15.1 Å². The summed E-state index contributed by atoms with van der Waals surface area (Å²) in [5.41, 5.74) is 4.57. The summed E-state index contributed by atoms with van der Waals surface area (Å²) in [7, 11) is -3.04. The predicted octanol–water partition coefficient (Wildman–Crippen LogP) is 3.48. The number of hydrogen-bond donors (Lipinski definition) is 0. The molecule has 4 heteroatoms. The van der Waals surface area contributed by atoms with Gasteiger partial charge in [-0.3, -0.25) is 0 Å². The predicted molar refractivity (Wildman–Crippen MR) is 76.6 cm³/mol. The zero-order chi connectivity index (χ0) is 13.4. The number of rotatable bonds is 3. The van der Waals surface area contributed by atoms with E-state index in [0.29, 0.717) is 0 Å². The Morgan fingerprint density at radius 1 is 1.12 bits per heavy atom. The molecule has 2 nitrogen and oxygen atoms in total. The smallest absolute Gasteiger partial charge is 0.151 e. The Morgan fingerprint density at radius 2 is 1.53 bits per heavy atom. The molecule has 0 amide bonds. The fraction of sp³-hybridized carbons (Fsp3) is 0.538. The number of hydrogen-bond acceptors (Lipinski definition) is 2. The van der Waals surface area contributed by atoms with Gasteiger partial charge in [-0.05, 0) is 44.4 Å². The van der Waals surface area contributed by atoms with E-state index in [-0.39, 0.29) is 4.83 Å². The Bertz CT molecular complexity index is 497. The van der Waals surface area contributed by atoms with E-state index in [1.165, 1.54) is 11.8 Å². The quantitative estimate of drug-likeness (QED) is 0.799. The van der Waals surface area contributed by atoms with Crippen LogP contribution in [0.2, 0.25) is 0 Å². The molecule has 0 aromatic heterocycles. The van der Waals surface area contributed by atoms with Gasteiger partial charge in [0.2, 0.25) is 0 Å². The molecule has 96 valence electrons. The minimum Gasteiger partial charge on any atom is -0.229 e. The molecule has 1 aromatic rings. The summed E-state index contributed by atoms with van der Waals surface area (Å²) in [6.07, 6.45) is 1.28. The molecule has 0 saturated carbocycles. The van der Waals surface area contributed by atoms with Crippen LogP contribution in [0.3, 0.4) is 0 Å². The molecule has 0 bridgehead atoms. The molecular formula is C13H19BrO2S. The van der Waals surface area contributed by atoms with Gasteiger partial charge in [0.1, 0.15) is 0 Å². The topological polar surface area (TPSA) is 34.1 Å². The zero-order valence-electron chi connectivity index (χ0n) is 10.9. The minimum atomic E-state index is -3.04. The van der Waals surface area contributed by atoms with Crippen molar-refractivity contribution < 1.29 is 8.42 Å². The maximum Gasteiger partial charge on any atom is 0.151 e. The Morgan fingerprint density at radius 3 is 1.88 bits per heavy atom. The van der Waals surface area contributed by atoms with Crippen molar-refractivity contribution >= 4 is 25.8 Å². The van der Waals surface area contributed by atoms with Gasteiger partial charge in [0.05, 0.1) is 10.1 Å². The molecule has 1 aromatic carbocycles. The van der Waals surface area contributed by atoms with Gasteiger partial charge in [-0.1, -0.05) is 33.6 Å². The number of halogens is 1. The largest absolute Gasteiger partial charge is 0.229 e. The highest BCUT2D eigenvalue weighted by molar-refractivity contribution is 9.09.